The summed E-state index contributed by atoms with van der Waals surface area (Å²) >= 11 is 0. The highest BCUT2D eigenvalue weighted by molar-refractivity contribution is 5.39. The number of nitrogens with zero attached hydrogens (tertiary/aromatic N) is 1. The minimum Gasteiger partial charge on any atom is -0.493 e. The summed E-state index contributed by atoms with van der Waals surface area (Å²) in [4.78, 5) is 2.64. The van der Waals surface area contributed by atoms with Crippen LogP contribution in [0, 0.1) is 5.92 Å². The van der Waals surface area contributed by atoms with Crippen LogP contribution in [0.3, 0.4) is 0 Å². The van der Waals surface area contributed by atoms with Gasteiger partial charge in [-0.2, -0.15) is 0 Å². The maximum atomic E-state index is 5.81. The molecule has 3 nitrogen and oxygen atoms in total. The topological polar surface area (TPSA) is 24.5 Å². The molecule has 3 atom stereocenters. The standard InChI is InChI=1S/C17H26N2O/c1-13(18-2)14-6-5-9-19(10-14)11-15-12-20-17-8-4-3-7-16(15)17/h3-4,7-8,13-15,18H,5-6,9-12H2,1-2H3. The van der Waals surface area contributed by atoms with Crippen LogP contribution in [0.25, 0.3) is 0 Å². The molecule has 0 spiro atoms. The predicted octanol–water partition coefficient (Wildman–Crippen LogP) is 2.48. The zero-order chi connectivity index (χ0) is 13.9. The molecule has 1 N–H and O–H groups in total. The first-order valence-corrected chi connectivity index (χ1v) is 7.89. The minimum absolute atomic E-state index is 0.551. The molecule has 2 aliphatic heterocycles. The van der Waals surface area contributed by atoms with Gasteiger partial charge in [0.2, 0.25) is 0 Å². The Bertz CT molecular complexity index is 448. The van der Waals surface area contributed by atoms with Crippen molar-refractivity contribution >= 4 is 0 Å². The fraction of sp³-hybridized carbons (Fsp3) is 0.647. The van der Waals surface area contributed by atoms with Gasteiger partial charge in [0.15, 0.2) is 0 Å². The summed E-state index contributed by atoms with van der Waals surface area (Å²) in [6.07, 6.45) is 2.68. The summed E-state index contributed by atoms with van der Waals surface area (Å²) in [6.45, 7) is 6.76. The van der Waals surface area contributed by atoms with E-state index in [1.165, 1.54) is 31.5 Å². The normalized spacial score (nSPS) is 27.9. The molecule has 20 heavy (non-hydrogen) atoms. The number of hydrogen-bond acceptors (Lipinski definition) is 3. The Labute approximate surface area is 122 Å². The number of para-hydroxylation sites is 1. The second-order valence-electron chi connectivity index (χ2n) is 6.28. The van der Waals surface area contributed by atoms with Gasteiger partial charge < -0.3 is 15.0 Å². The van der Waals surface area contributed by atoms with E-state index in [1.807, 2.05) is 0 Å². The highest BCUT2D eigenvalue weighted by Gasteiger charge is 2.29. The zero-order valence-corrected chi connectivity index (χ0v) is 12.6. The molecule has 0 bridgehead atoms. The molecular weight excluding hydrogens is 248 g/mol. The number of benzene rings is 1. The maximum Gasteiger partial charge on any atom is 0.122 e. The van der Waals surface area contributed by atoms with E-state index in [4.69, 9.17) is 4.74 Å². The van der Waals surface area contributed by atoms with Crippen LogP contribution in [0.15, 0.2) is 24.3 Å². The first-order valence-electron chi connectivity index (χ1n) is 7.89. The summed E-state index contributed by atoms with van der Waals surface area (Å²) < 4.78 is 5.81. The van der Waals surface area contributed by atoms with Crippen LogP contribution < -0.4 is 10.1 Å². The third-order valence-electron chi connectivity index (χ3n) is 4.98. The largest absolute Gasteiger partial charge is 0.493 e. The second-order valence-corrected chi connectivity index (χ2v) is 6.28. The molecular formula is C17H26N2O. The van der Waals surface area contributed by atoms with Crippen LogP contribution in [-0.2, 0) is 0 Å². The molecule has 0 amide bonds. The van der Waals surface area contributed by atoms with E-state index in [0.29, 0.717) is 12.0 Å². The van der Waals surface area contributed by atoms with Gasteiger partial charge in [-0.25, -0.2) is 0 Å². The monoisotopic (exact) mass is 274 g/mol. The quantitative estimate of drug-likeness (QED) is 0.913. The van der Waals surface area contributed by atoms with Gasteiger partial charge in [0.05, 0.1) is 6.61 Å². The number of piperidine rings is 1. The van der Waals surface area contributed by atoms with Crippen molar-refractivity contribution in [3.05, 3.63) is 29.8 Å². The third-order valence-corrected chi connectivity index (χ3v) is 4.98. The van der Waals surface area contributed by atoms with Gasteiger partial charge in [-0.3, -0.25) is 0 Å². The van der Waals surface area contributed by atoms with Crippen molar-refractivity contribution in [2.24, 2.45) is 5.92 Å². The van der Waals surface area contributed by atoms with E-state index in [9.17, 15) is 0 Å². The number of hydrogen-bond donors (Lipinski definition) is 1. The number of likely N-dealkylation sites (tertiary alicyclic amines) is 1. The van der Waals surface area contributed by atoms with Crippen LogP contribution in [0.1, 0.15) is 31.2 Å². The molecule has 2 heterocycles. The van der Waals surface area contributed by atoms with E-state index in [1.54, 1.807) is 0 Å². The third kappa shape index (κ3) is 2.84. The van der Waals surface area contributed by atoms with E-state index in [2.05, 4.69) is 48.5 Å². The lowest BCUT2D eigenvalue weighted by molar-refractivity contribution is 0.140. The average molecular weight is 274 g/mol. The summed E-state index contributed by atoms with van der Waals surface area (Å²) in [5.41, 5.74) is 1.40. The van der Waals surface area contributed by atoms with Gasteiger partial charge in [0.1, 0.15) is 5.75 Å². The van der Waals surface area contributed by atoms with Gasteiger partial charge >= 0.3 is 0 Å². The van der Waals surface area contributed by atoms with Gasteiger partial charge in [-0.1, -0.05) is 18.2 Å². The Morgan fingerprint density at radius 2 is 2.25 bits per heavy atom. The molecule has 0 aliphatic carbocycles. The molecule has 2 aliphatic rings. The Morgan fingerprint density at radius 3 is 3.10 bits per heavy atom. The lowest BCUT2D eigenvalue weighted by Crippen LogP contribution is -2.44. The Hall–Kier alpha value is -1.06. The Morgan fingerprint density at radius 1 is 1.40 bits per heavy atom. The number of rotatable bonds is 4. The minimum atomic E-state index is 0.551. The fourth-order valence-electron chi connectivity index (χ4n) is 3.59. The fourth-order valence-corrected chi connectivity index (χ4v) is 3.59. The van der Waals surface area contributed by atoms with Crippen molar-refractivity contribution in [3.8, 4) is 5.75 Å². The number of nitrogens with one attached hydrogen (secondary N) is 1. The maximum absolute atomic E-state index is 5.81. The number of fused-ring (bicyclic) bond motifs is 1. The molecule has 1 fully saturated rings. The molecule has 1 aromatic rings. The lowest BCUT2D eigenvalue weighted by Gasteiger charge is -2.36. The SMILES string of the molecule is CNC(C)C1CCCN(CC2COc3ccccc32)C1. The van der Waals surface area contributed by atoms with Gasteiger partial charge in [-0.15, -0.1) is 0 Å². The van der Waals surface area contributed by atoms with E-state index in [-0.39, 0.29) is 0 Å². The second kappa shape index (κ2) is 6.15. The first kappa shape index (κ1) is 13.9. The van der Waals surface area contributed by atoms with Gasteiger partial charge in [0.25, 0.3) is 0 Å². The van der Waals surface area contributed by atoms with Gasteiger partial charge in [0, 0.05) is 30.6 Å². The highest BCUT2D eigenvalue weighted by atomic mass is 16.5. The Balaban J connectivity index is 1.61. The van der Waals surface area contributed by atoms with Gasteiger partial charge in [-0.05, 0) is 45.3 Å². The molecule has 0 saturated carbocycles. The van der Waals surface area contributed by atoms with Crippen LogP contribution >= 0.6 is 0 Å². The molecule has 3 unspecified atom stereocenters. The molecule has 3 heteroatoms. The predicted molar refractivity (Wildman–Crippen MR) is 82.4 cm³/mol. The Kier molecular flexibility index (Phi) is 4.27. The van der Waals surface area contributed by atoms with E-state index in [0.717, 1.165) is 24.8 Å². The summed E-state index contributed by atoms with van der Waals surface area (Å²) in [6, 6.07) is 9.13. The van der Waals surface area contributed by atoms with E-state index >= 15 is 0 Å². The number of ether oxygens (including phenoxy) is 1. The summed E-state index contributed by atoms with van der Waals surface area (Å²) in [7, 11) is 2.07. The highest BCUT2D eigenvalue weighted by Crippen LogP contribution is 2.34. The van der Waals surface area contributed by atoms with Crippen LogP contribution in [0.5, 0.6) is 5.75 Å². The summed E-state index contributed by atoms with van der Waals surface area (Å²) in [5, 5.41) is 3.41. The van der Waals surface area contributed by atoms with Crippen molar-refractivity contribution < 1.29 is 4.74 Å². The van der Waals surface area contributed by atoms with Crippen LogP contribution in [-0.4, -0.2) is 44.2 Å². The van der Waals surface area contributed by atoms with Crippen molar-refractivity contribution in [3.63, 3.8) is 0 Å². The molecule has 110 valence electrons. The zero-order valence-electron chi connectivity index (χ0n) is 12.6. The lowest BCUT2D eigenvalue weighted by atomic mass is 9.90. The van der Waals surface area contributed by atoms with Crippen molar-refractivity contribution in [1.29, 1.82) is 0 Å². The summed E-state index contributed by atoms with van der Waals surface area (Å²) in [5.74, 6) is 2.43. The molecule has 1 saturated heterocycles. The molecule has 0 radical (unpaired) electrons. The van der Waals surface area contributed by atoms with Crippen molar-refractivity contribution in [2.75, 3.05) is 33.3 Å². The van der Waals surface area contributed by atoms with Crippen molar-refractivity contribution in [2.45, 2.75) is 31.7 Å². The van der Waals surface area contributed by atoms with E-state index < -0.39 is 0 Å². The molecule has 0 aromatic heterocycles. The average Bonchev–Trinajstić information content (AvgIpc) is 2.90. The molecule has 1 aromatic carbocycles. The smallest absolute Gasteiger partial charge is 0.122 e. The van der Waals surface area contributed by atoms with Crippen molar-refractivity contribution in [1.82, 2.24) is 10.2 Å². The van der Waals surface area contributed by atoms with Crippen LogP contribution in [0.4, 0.5) is 0 Å². The first-order chi connectivity index (χ1) is 9.78. The molecule has 3 rings (SSSR count). The van der Waals surface area contributed by atoms with Crippen LogP contribution in [0.2, 0.25) is 0 Å².